The van der Waals surface area contributed by atoms with Gasteiger partial charge in [-0.05, 0) is 22.3 Å². The standard InChI is InChI=1S/C19H14.O2S/c1-3-7-15(8-4-1)19(16-9-5-2-6-10-16)17-11-12-18(19)14-13-17;1-3-2/h1-14H;. The fourth-order valence-corrected chi connectivity index (χ4v) is 3.35. The summed E-state index contributed by atoms with van der Waals surface area (Å²) < 4.78 is 16.6. The molecule has 2 aliphatic carbocycles. The molecule has 2 nitrogen and oxygen atoms in total. The molecule has 3 heteroatoms. The molecule has 108 valence electrons. The Morgan fingerprint density at radius 2 is 1.00 bits per heavy atom. The van der Waals surface area contributed by atoms with Crippen molar-refractivity contribution in [1.82, 2.24) is 0 Å². The number of rotatable bonds is 2. The van der Waals surface area contributed by atoms with Gasteiger partial charge in [-0.25, -0.2) is 0 Å². The highest BCUT2D eigenvalue weighted by Crippen LogP contribution is 2.52. The third-order valence-corrected chi connectivity index (χ3v) is 4.16. The molecule has 0 N–H and O–H groups in total. The molecule has 0 saturated carbocycles. The third-order valence-electron chi connectivity index (χ3n) is 4.16. The molecule has 0 spiro atoms. The zero-order chi connectivity index (χ0) is 15.4. The summed E-state index contributed by atoms with van der Waals surface area (Å²) in [6.07, 6.45) is 8.98. The molecule has 0 heterocycles. The minimum Gasteiger partial charge on any atom is -0.168 e. The Morgan fingerprint density at radius 3 is 1.32 bits per heavy atom. The fraction of sp³-hybridized carbons (Fsp3) is 0.0526. The molecule has 0 aliphatic heterocycles. The number of benzene rings is 2. The average molecular weight is 306 g/mol. The molecular formula is C19H14O2S. The number of fused-ring (bicyclic) bond motifs is 2. The minimum absolute atomic E-state index is 0.0808. The number of hydrogen-bond acceptors (Lipinski definition) is 2. The van der Waals surface area contributed by atoms with Crippen LogP contribution in [-0.4, -0.2) is 8.42 Å². The quantitative estimate of drug-likeness (QED) is 0.847. The van der Waals surface area contributed by atoms with E-state index in [1.807, 2.05) is 0 Å². The van der Waals surface area contributed by atoms with Gasteiger partial charge in [0.05, 0.1) is 5.41 Å². The van der Waals surface area contributed by atoms with Gasteiger partial charge in [0.25, 0.3) is 0 Å². The second-order valence-electron chi connectivity index (χ2n) is 5.13. The summed E-state index contributed by atoms with van der Waals surface area (Å²) >= 11 is -0.750. The van der Waals surface area contributed by atoms with Crippen LogP contribution in [0.3, 0.4) is 0 Å². The van der Waals surface area contributed by atoms with Gasteiger partial charge in [-0.3, -0.25) is 0 Å². The molecule has 2 bridgehead atoms. The van der Waals surface area contributed by atoms with Gasteiger partial charge in [-0.1, -0.05) is 85.0 Å². The topological polar surface area (TPSA) is 34.1 Å². The first-order valence-electron chi connectivity index (χ1n) is 6.98. The summed E-state index contributed by atoms with van der Waals surface area (Å²) in [5, 5.41) is 0. The van der Waals surface area contributed by atoms with Crippen LogP contribution < -0.4 is 0 Å². The van der Waals surface area contributed by atoms with Gasteiger partial charge in [0.2, 0.25) is 0 Å². The van der Waals surface area contributed by atoms with E-state index in [2.05, 4.69) is 85.0 Å². The summed E-state index contributed by atoms with van der Waals surface area (Å²) in [5.41, 5.74) is 5.37. The van der Waals surface area contributed by atoms with Gasteiger partial charge in [-0.15, -0.1) is 0 Å². The van der Waals surface area contributed by atoms with Crippen molar-refractivity contribution in [3.63, 3.8) is 0 Å². The molecule has 0 atom stereocenters. The average Bonchev–Trinajstić information content (AvgIpc) is 3.13. The molecule has 2 aromatic carbocycles. The smallest absolute Gasteiger partial charge is 0.168 e. The number of allylic oxidation sites excluding steroid dienone is 6. The fourth-order valence-electron chi connectivity index (χ4n) is 3.35. The second kappa shape index (κ2) is 6.08. The Labute approximate surface area is 133 Å². The summed E-state index contributed by atoms with van der Waals surface area (Å²) in [6, 6.07) is 21.6. The van der Waals surface area contributed by atoms with Gasteiger partial charge in [-0.2, -0.15) is 8.42 Å². The second-order valence-corrected chi connectivity index (χ2v) is 5.26. The van der Waals surface area contributed by atoms with Crippen molar-refractivity contribution in [3.8, 4) is 0 Å². The van der Waals surface area contributed by atoms with Crippen LogP contribution in [0.5, 0.6) is 0 Å². The van der Waals surface area contributed by atoms with E-state index in [4.69, 9.17) is 8.42 Å². The molecule has 2 aromatic rings. The van der Waals surface area contributed by atoms with E-state index >= 15 is 0 Å². The molecule has 0 amide bonds. The normalized spacial score (nSPS) is 16.4. The lowest BCUT2D eigenvalue weighted by molar-refractivity contribution is 0.630. The largest absolute Gasteiger partial charge is 0.335 e. The van der Waals surface area contributed by atoms with E-state index in [0.29, 0.717) is 0 Å². The lowest BCUT2D eigenvalue weighted by atomic mass is 9.69. The predicted octanol–water partition coefficient (Wildman–Crippen LogP) is 3.74. The Balaban J connectivity index is 0.000000446. The highest BCUT2D eigenvalue weighted by molar-refractivity contribution is 7.51. The van der Waals surface area contributed by atoms with Crippen molar-refractivity contribution in [1.29, 1.82) is 0 Å². The maximum absolute atomic E-state index is 8.29. The lowest BCUT2D eigenvalue weighted by Crippen LogP contribution is -2.26. The van der Waals surface area contributed by atoms with E-state index < -0.39 is 11.6 Å². The summed E-state index contributed by atoms with van der Waals surface area (Å²) in [4.78, 5) is 0. The van der Waals surface area contributed by atoms with Crippen molar-refractivity contribution in [3.05, 3.63) is 107 Å². The van der Waals surface area contributed by atoms with Gasteiger partial charge in [0.15, 0.2) is 0 Å². The van der Waals surface area contributed by atoms with E-state index in [0.717, 1.165) is 0 Å². The summed E-state index contributed by atoms with van der Waals surface area (Å²) in [7, 11) is 0. The van der Waals surface area contributed by atoms with Crippen molar-refractivity contribution in [2.24, 2.45) is 0 Å². The van der Waals surface area contributed by atoms with Crippen molar-refractivity contribution in [2.75, 3.05) is 0 Å². The number of hydrogen-bond donors (Lipinski definition) is 0. The van der Waals surface area contributed by atoms with Crippen LogP contribution in [0, 0.1) is 0 Å². The van der Waals surface area contributed by atoms with Crippen LogP contribution in [0.25, 0.3) is 0 Å². The highest BCUT2D eigenvalue weighted by atomic mass is 32.1. The zero-order valence-corrected chi connectivity index (χ0v) is 12.6. The van der Waals surface area contributed by atoms with Gasteiger partial charge in [0.1, 0.15) is 0 Å². The first-order chi connectivity index (χ1) is 10.8. The first-order valence-corrected chi connectivity index (χ1v) is 7.64. The molecule has 0 fully saturated rings. The third kappa shape index (κ3) is 2.11. The van der Waals surface area contributed by atoms with E-state index in [-0.39, 0.29) is 5.41 Å². The summed E-state index contributed by atoms with van der Waals surface area (Å²) in [6.45, 7) is 0. The zero-order valence-electron chi connectivity index (χ0n) is 11.8. The monoisotopic (exact) mass is 306 g/mol. The molecule has 2 aliphatic rings. The van der Waals surface area contributed by atoms with Crippen molar-refractivity contribution in [2.45, 2.75) is 5.41 Å². The van der Waals surface area contributed by atoms with Gasteiger partial charge >= 0.3 is 11.6 Å². The molecule has 0 aromatic heterocycles. The molecule has 0 radical (unpaired) electrons. The SMILES string of the molecule is C1=CC2=CC=C1C2(c1ccccc1)c1ccccc1.O=S=O. The first kappa shape index (κ1) is 14.4. The van der Waals surface area contributed by atoms with Gasteiger partial charge in [0, 0.05) is 0 Å². The Kier molecular flexibility index (Phi) is 3.98. The van der Waals surface area contributed by atoms with E-state index in [1.165, 1.54) is 22.3 Å². The predicted molar refractivity (Wildman–Crippen MR) is 87.9 cm³/mol. The Bertz CT molecular complexity index is 732. The van der Waals surface area contributed by atoms with Crippen LogP contribution in [-0.2, 0) is 17.0 Å². The molecule has 0 saturated heterocycles. The highest BCUT2D eigenvalue weighted by Gasteiger charge is 2.44. The molecule has 0 unspecified atom stereocenters. The lowest BCUT2D eigenvalue weighted by Gasteiger charge is -2.31. The molecular weight excluding hydrogens is 292 g/mol. The molecule has 4 rings (SSSR count). The molecule has 22 heavy (non-hydrogen) atoms. The minimum atomic E-state index is -0.750. The summed E-state index contributed by atoms with van der Waals surface area (Å²) in [5.74, 6) is 0. The van der Waals surface area contributed by atoms with E-state index in [1.54, 1.807) is 0 Å². The van der Waals surface area contributed by atoms with Crippen LogP contribution in [0.15, 0.2) is 96.1 Å². The van der Waals surface area contributed by atoms with Crippen LogP contribution >= 0.6 is 0 Å². The maximum atomic E-state index is 8.29. The Morgan fingerprint density at radius 1 is 0.636 bits per heavy atom. The van der Waals surface area contributed by atoms with E-state index in [9.17, 15) is 0 Å². The van der Waals surface area contributed by atoms with Crippen LogP contribution in [0.2, 0.25) is 0 Å². The maximum Gasteiger partial charge on any atom is 0.335 e. The van der Waals surface area contributed by atoms with Crippen molar-refractivity contribution >= 4 is 11.6 Å². The Hall–Kier alpha value is -2.52. The van der Waals surface area contributed by atoms with Crippen LogP contribution in [0.1, 0.15) is 11.1 Å². The van der Waals surface area contributed by atoms with Crippen LogP contribution in [0.4, 0.5) is 0 Å². The van der Waals surface area contributed by atoms with Crippen molar-refractivity contribution < 1.29 is 8.42 Å². The van der Waals surface area contributed by atoms with Gasteiger partial charge < -0.3 is 0 Å².